The van der Waals surface area contributed by atoms with Crippen LogP contribution in [-0.4, -0.2) is 52.9 Å². The van der Waals surface area contributed by atoms with Crippen molar-refractivity contribution in [1.82, 2.24) is 0 Å². The maximum absolute atomic E-state index is 10.6. The zero-order valence-electron chi connectivity index (χ0n) is 24.1. The monoisotopic (exact) mass is 524 g/mol. The molecule has 0 bridgehead atoms. The average molecular weight is 525 g/mol. The number of carbonyl (C=O) groups excluding carboxylic acids is 1. The van der Waals surface area contributed by atoms with Gasteiger partial charge in [0.25, 0.3) is 0 Å². The molecule has 0 fully saturated rings. The molecule has 0 rings (SSSR count). The maximum Gasteiger partial charge on any atom is 0.217 e. The molecule has 8 heteroatoms. The summed E-state index contributed by atoms with van der Waals surface area (Å²) in [5.74, 6) is -0.153. The van der Waals surface area contributed by atoms with Crippen molar-refractivity contribution >= 4 is 17.3 Å². The van der Waals surface area contributed by atoms with Gasteiger partial charge in [0.15, 0.2) is 0 Å². The normalized spacial score (nSPS) is 11.7. The standard InChI is InChI=1S/C18H37NO.C7H18N.C2H6O4S/c1-2-3-4-5-6-7-8-9-10-11-12-13-14-15-16-17-18(19)20;1-5-7-8(3,4)6-2;1-2-5-6-7(3)4/h2-17H2,1H3,(H2,19,20);5-7H2,1-4H3;2H2,1H3,(H,3,4)/q;+1;/p-1. The van der Waals surface area contributed by atoms with Gasteiger partial charge in [0.1, 0.15) is 11.4 Å². The van der Waals surface area contributed by atoms with E-state index in [0.29, 0.717) is 6.42 Å². The van der Waals surface area contributed by atoms with Crippen molar-refractivity contribution < 1.29 is 27.3 Å². The highest BCUT2D eigenvalue weighted by molar-refractivity contribution is 7.73. The van der Waals surface area contributed by atoms with E-state index in [4.69, 9.17) is 5.73 Å². The van der Waals surface area contributed by atoms with Gasteiger partial charge in [-0.25, -0.2) is 9.10 Å². The van der Waals surface area contributed by atoms with Gasteiger partial charge in [0.05, 0.1) is 33.8 Å². The summed E-state index contributed by atoms with van der Waals surface area (Å²) >= 11 is -2.54. The smallest absolute Gasteiger partial charge is 0.217 e. The van der Waals surface area contributed by atoms with Gasteiger partial charge in [-0.15, -0.1) is 4.33 Å². The lowest BCUT2D eigenvalue weighted by Gasteiger charge is -2.27. The SMILES string of the molecule is CCCCCCCCCCCCCCCCCC(N)=O.CCC[N+](C)(C)CC.CCOOS(=O)[O-]. The highest BCUT2D eigenvalue weighted by Gasteiger charge is 2.07. The first-order valence-corrected chi connectivity index (χ1v) is 15.2. The minimum Gasteiger partial charge on any atom is -0.748 e. The fraction of sp³-hybridized carbons (Fsp3) is 0.963. The molecule has 0 aromatic rings. The molecule has 2 N–H and O–H groups in total. The Kier molecular flexibility index (Phi) is 35.1. The second kappa shape index (κ2) is 31.5. The summed E-state index contributed by atoms with van der Waals surface area (Å²) in [4.78, 5) is 14.5. The molecule has 0 aliphatic heterocycles. The van der Waals surface area contributed by atoms with Crippen LogP contribution in [0.4, 0.5) is 0 Å². The van der Waals surface area contributed by atoms with Gasteiger partial charge in [-0.3, -0.25) is 4.79 Å². The van der Waals surface area contributed by atoms with E-state index in [0.717, 1.165) is 10.9 Å². The van der Waals surface area contributed by atoms with Crippen molar-refractivity contribution in [3.63, 3.8) is 0 Å². The van der Waals surface area contributed by atoms with Crippen LogP contribution in [0.5, 0.6) is 0 Å². The zero-order chi connectivity index (χ0) is 27.2. The fourth-order valence-corrected chi connectivity index (χ4v) is 3.70. The van der Waals surface area contributed by atoms with Gasteiger partial charge in [-0.2, -0.15) is 0 Å². The van der Waals surface area contributed by atoms with Gasteiger partial charge in [0, 0.05) is 6.42 Å². The fourth-order valence-electron chi connectivity index (χ4n) is 3.52. The van der Waals surface area contributed by atoms with Crippen LogP contribution in [0.25, 0.3) is 0 Å². The first kappa shape index (κ1) is 39.0. The van der Waals surface area contributed by atoms with Gasteiger partial charge in [-0.05, 0) is 26.7 Å². The van der Waals surface area contributed by atoms with Crippen LogP contribution in [-0.2, 0) is 25.4 Å². The molecule has 0 saturated heterocycles. The second-order valence-corrected chi connectivity index (χ2v) is 10.4. The Morgan fingerprint density at radius 3 is 1.37 bits per heavy atom. The molecule has 0 aromatic carbocycles. The Morgan fingerprint density at radius 1 is 0.743 bits per heavy atom. The summed E-state index contributed by atoms with van der Waals surface area (Å²) in [5.41, 5.74) is 5.11. The minimum absolute atomic E-state index is 0.153. The second-order valence-electron chi connectivity index (χ2n) is 9.82. The lowest BCUT2D eigenvalue weighted by molar-refractivity contribution is -0.888. The number of nitrogens with two attached hydrogens (primary N) is 1. The number of carbonyl (C=O) groups is 1. The molecule has 35 heavy (non-hydrogen) atoms. The van der Waals surface area contributed by atoms with Crippen LogP contribution >= 0.6 is 0 Å². The van der Waals surface area contributed by atoms with Crippen molar-refractivity contribution in [2.45, 2.75) is 137 Å². The van der Waals surface area contributed by atoms with Gasteiger partial charge in [-0.1, -0.05) is 104 Å². The number of amides is 1. The maximum atomic E-state index is 10.6. The number of nitrogens with zero attached hydrogens (tertiary/aromatic N) is 1. The highest BCUT2D eigenvalue weighted by Crippen LogP contribution is 2.13. The number of unbranched alkanes of at least 4 members (excludes halogenated alkanes) is 14. The van der Waals surface area contributed by atoms with Crippen LogP contribution in [0.15, 0.2) is 0 Å². The van der Waals surface area contributed by atoms with Crippen LogP contribution in [0.1, 0.15) is 137 Å². The molecular weight excluding hydrogens is 464 g/mol. The van der Waals surface area contributed by atoms with Gasteiger partial charge >= 0.3 is 0 Å². The van der Waals surface area contributed by atoms with Crippen LogP contribution < -0.4 is 5.73 Å². The third-order valence-electron chi connectivity index (χ3n) is 5.93. The Labute approximate surface area is 220 Å². The van der Waals surface area contributed by atoms with Crippen molar-refractivity contribution in [3.8, 4) is 0 Å². The topological polar surface area (TPSA) is 102 Å². The summed E-state index contributed by atoms with van der Waals surface area (Å²) in [7, 11) is 4.53. The molecule has 0 aliphatic carbocycles. The number of quaternary nitrogens is 1. The van der Waals surface area contributed by atoms with Crippen molar-refractivity contribution in [2.75, 3.05) is 33.8 Å². The lowest BCUT2D eigenvalue weighted by Crippen LogP contribution is -2.39. The molecule has 1 amide bonds. The van der Waals surface area contributed by atoms with Crippen molar-refractivity contribution in [1.29, 1.82) is 0 Å². The van der Waals surface area contributed by atoms with E-state index in [1.165, 1.54) is 109 Å². The predicted octanol–water partition coefficient (Wildman–Crippen LogP) is 6.97. The van der Waals surface area contributed by atoms with Gasteiger partial charge in [0.2, 0.25) is 5.91 Å². The summed E-state index contributed by atoms with van der Waals surface area (Å²) in [5, 5.41) is 0. The lowest BCUT2D eigenvalue weighted by atomic mass is 10.0. The third kappa shape index (κ3) is 43.9. The van der Waals surface area contributed by atoms with Gasteiger partial charge < -0.3 is 14.8 Å². The van der Waals surface area contributed by atoms with Crippen LogP contribution in [0.2, 0.25) is 0 Å². The summed E-state index contributed by atoms with van der Waals surface area (Å²) in [6.07, 6.45) is 22.2. The largest absolute Gasteiger partial charge is 0.748 e. The first-order chi connectivity index (χ1) is 16.7. The van der Waals surface area contributed by atoms with E-state index in [-0.39, 0.29) is 12.5 Å². The molecule has 0 radical (unpaired) electrons. The van der Waals surface area contributed by atoms with Crippen molar-refractivity contribution in [2.24, 2.45) is 5.73 Å². The first-order valence-electron chi connectivity index (χ1n) is 14.2. The molecule has 0 aliphatic rings. The van der Waals surface area contributed by atoms with E-state index in [9.17, 15) is 13.6 Å². The van der Waals surface area contributed by atoms with E-state index in [1.54, 1.807) is 6.92 Å². The average Bonchev–Trinajstić information content (AvgIpc) is 2.81. The summed E-state index contributed by atoms with van der Waals surface area (Å²) in [6, 6.07) is 0. The summed E-state index contributed by atoms with van der Waals surface area (Å²) < 4.78 is 23.6. The van der Waals surface area contributed by atoms with E-state index in [1.807, 2.05) is 0 Å². The predicted molar refractivity (Wildman–Crippen MR) is 148 cm³/mol. The number of hydrogen-bond donors (Lipinski definition) is 1. The zero-order valence-corrected chi connectivity index (χ0v) is 24.9. The van der Waals surface area contributed by atoms with Crippen LogP contribution in [0.3, 0.4) is 0 Å². The van der Waals surface area contributed by atoms with Crippen LogP contribution in [0, 0.1) is 0 Å². The molecule has 1 atom stereocenters. The minimum atomic E-state index is -2.54. The Morgan fingerprint density at radius 2 is 1.14 bits per heavy atom. The third-order valence-corrected chi connectivity index (χ3v) is 6.14. The Balaban J connectivity index is -0.000000557. The van der Waals surface area contributed by atoms with Crippen molar-refractivity contribution in [3.05, 3.63) is 0 Å². The highest BCUT2D eigenvalue weighted by atomic mass is 32.2. The molecule has 0 aromatic heterocycles. The molecule has 7 nitrogen and oxygen atoms in total. The Hall–Kier alpha value is -0.540. The van der Waals surface area contributed by atoms with E-state index < -0.39 is 11.4 Å². The number of rotatable bonds is 22. The molecule has 0 heterocycles. The number of hydrogen-bond acceptors (Lipinski definition) is 5. The molecule has 0 spiro atoms. The van der Waals surface area contributed by atoms with E-state index in [2.05, 4.69) is 44.1 Å². The molecular formula is C27H60N2O5S. The van der Waals surface area contributed by atoms with E-state index >= 15 is 0 Å². The quantitative estimate of drug-likeness (QED) is 0.0541. The number of primary amides is 1. The molecule has 1 unspecified atom stereocenters. The Bertz CT molecular complexity index is 451. The molecule has 214 valence electrons. The summed E-state index contributed by atoms with van der Waals surface area (Å²) in [6.45, 7) is 11.1. The molecule has 0 saturated carbocycles.